The summed E-state index contributed by atoms with van der Waals surface area (Å²) < 4.78 is 1.90. The molecule has 3 aromatic rings. The maximum Gasteiger partial charge on any atom is 0.122 e. The number of fused-ring (bicyclic) bond motifs is 1. The van der Waals surface area contributed by atoms with E-state index in [1.54, 1.807) is 12.7 Å². The largest absolute Gasteiger partial charge is 0.307 e. The summed E-state index contributed by atoms with van der Waals surface area (Å²) in [4.78, 5) is 0. The zero-order chi connectivity index (χ0) is 16.5. The van der Waals surface area contributed by atoms with E-state index in [-0.39, 0.29) is 0 Å². The molecule has 0 amide bonds. The van der Waals surface area contributed by atoms with Crippen LogP contribution in [0.4, 0.5) is 0 Å². The molecule has 0 unspecified atom stereocenters. The molecule has 0 fully saturated rings. The molecule has 116 valence electrons. The maximum absolute atomic E-state index is 4.93. The van der Waals surface area contributed by atoms with Gasteiger partial charge in [0.25, 0.3) is 0 Å². The molecule has 0 N–H and O–H groups in total. The van der Waals surface area contributed by atoms with Crippen LogP contribution in [0.15, 0.2) is 66.8 Å². The van der Waals surface area contributed by atoms with Crippen molar-refractivity contribution in [1.82, 2.24) is 14.8 Å². The van der Waals surface area contributed by atoms with Gasteiger partial charge in [0.1, 0.15) is 12.7 Å². The Morgan fingerprint density at radius 2 is 1.91 bits per heavy atom. The molecular weight excluding hydrogens is 408 g/mol. The Morgan fingerprint density at radius 3 is 2.43 bits per heavy atom. The van der Waals surface area contributed by atoms with E-state index in [9.17, 15) is 0 Å². The van der Waals surface area contributed by atoms with Gasteiger partial charge in [-0.25, -0.2) is 11.6 Å². The van der Waals surface area contributed by atoms with Crippen LogP contribution in [0.2, 0.25) is 0 Å². The summed E-state index contributed by atoms with van der Waals surface area (Å²) in [5.41, 5.74) is 2.38. The zero-order valence-corrected chi connectivity index (χ0v) is 16.5. The number of rotatable bonds is 1. The van der Waals surface area contributed by atoms with Crippen LogP contribution in [0.25, 0.3) is 16.5 Å². The summed E-state index contributed by atoms with van der Waals surface area (Å²) in [5, 5.41) is 10.1. The fourth-order valence-corrected chi connectivity index (χ4v) is 2.13. The summed E-state index contributed by atoms with van der Waals surface area (Å²) in [6.07, 6.45) is 11.7. The van der Waals surface area contributed by atoms with Gasteiger partial charge in [0.05, 0.1) is 0 Å². The molecule has 6 heteroatoms. The van der Waals surface area contributed by atoms with Crippen LogP contribution in [0.1, 0.15) is 13.3 Å². The van der Waals surface area contributed by atoms with E-state index >= 15 is 0 Å². The number of aromatic nitrogens is 3. The average molecular weight is 423 g/mol. The van der Waals surface area contributed by atoms with E-state index < -0.39 is 20.8 Å². The number of hydrogen-bond donors (Lipinski definition) is 0. The van der Waals surface area contributed by atoms with E-state index in [0.717, 1.165) is 12.1 Å². The smallest absolute Gasteiger partial charge is 0.122 e. The molecule has 23 heavy (non-hydrogen) atoms. The second-order valence-electron chi connectivity index (χ2n) is 4.75. The Kier molecular flexibility index (Phi) is 7.87. The Bertz CT molecular complexity index is 740. The molecule has 0 aliphatic heterocycles. The van der Waals surface area contributed by atoms with Crippen molar-refractivity contribution in [3.63, 3.8) is 0 Å². The summed E-state index contributed by atoms with van der Waals surface area (Å²) in [5.74, 6) is 0. The van der Waals surface area contributed by atoms with Crippen molar-refractivity contribution < 1.29 is 20.8 Å². The van der Waals surface area contributed by atoms with E-state index in [1.807, 2.05) is 16.7 Å². The molecule has 1 aliphatic carbocycles. The van der Waals surface area contributed by atoms with Crippen molar-refractivity contribution in [2.24, 2.45) is 0 Å². The van der Waals surface area contributed by atoms with Crippen molar-refractivity contribution in [2.45, 2.75) is 13.3 Å². The van der Waals surface area contributed by atoms with Crippen LogP contribution in [-0.4, -0.2) is 14.8 Å². The van der Waals surface area contributed by atoms with E-state index in [0.29, 0.717) is 0 Å². The Hall–Kier alpha value is -1.09. The number of benzene rings is 1. The standard InChI is InChI=1S/C11H8N3.C6H7.2ClH.Zr/c1-2-4-10-6-11(5-9(10)3-1)14-7-12-13-8-14;1-6-4-2-3-5-6;;;/h1-8H;2,4H,3H2,1H3;2*1H;/q2*-1;;;+4/p-2. The topological polar surface area (TPSA) is 30.7 Å². The van der Waals surface area contributed by atoms with E-state index in [2.05, 4.69) is 59.6 Å². The third-order valence-corrected chi connectivity index (χ3v) is 3.19. The molecule has 2 aromatic carbocycles. The molecule has 0 saturated carbocycles. The van der Waals surface area contributed by atoms with Crippen LogP contribution in [-0.2, 0) is 20.8 Å². The van der Waals surface area contributed by atoms with Gasteiger partial charge < -0.3 is 4.57 Å². The van der Waals surface area contributed by atoms with Gasteiger partial charge in [-0.15, -0.1) is 57.7 Å². The normalized spacial score (nSPS) is 11.9. The summed E-state index contributed by atoms with van der Waals surface area (Å²) in [6, 6.07) is 12.5. The summed E-state index contributed by atoms with van der Waals surface area (Å²) >= 11 is -0.826. The molecule has 0 spiro atoms. The van der Waals surface area contributed by atoms with Crippen molar-refractivity contribution >= 4 is 27.8 Å². The Labute approximate surface area is 154 Å². The van der Waals surface area contributed by atoms with Crippen molar-refractivity contribution in [3.05, 3.63) is 72.9 Å². The number of allylic oxidation sites excluding steroid dienone is 4. The minimum atomic E-state index is -0.826. The third kappa shape index (κ3) is 5.80. The first kappa shape index (κ1) is 18.3. The molecule has 1 aromatic heterocycles. The van der Waals surface area contributed by atoms with Gasteiger partial charge in [-0.3, -0.25) is 6.08 Å². The van der Waals surface area contributed by atoms with Gasteiger partial charge in [0.2, 0.25) is 0 Å². The average Bonchev–Trinajstić information content (AvgIpc) is 3.29. The van der Waals surface area contributed by atoms with Crippen LogP contribution < -0.4 is 0 Å². The number of halogens is 2. The maximum atomic E-state index is 4.93. The molecular formula is C17H15Cl2N3Zr. The number of nitrogens with zero attached hydrogens (tertiary/aromatic N) is 3. The fraction of sp³-hybridized carbons (Fsp3) is 0.118. The first-order chi connectivity index (χ1) is 11.2. The minimum Gasteiger partial charge on any atom is -0.307 e. The van der Waals surface area contributed by atoms with Gasteiger partial charge in [0.15, 0.2) is 0 Å². The van der Waals surface area contributed by atoms with Gasteiger partial charge >= 0.3 is 37.9 Å². The van der Waals surface area contributed by atoms with Crippen LogP contribution >= 0.6 is 17.0 Å². The van der Waals surface area contributed by atoms with Crippen molar-refractivity contribution in [2.75, 3.05) is 0 Å². The molecule has 3 nitrogen and oxygen atoms in total. The third-order valence-electron chi connectivity index (χ3n) is 3.19. The second kappa shape index (κ2) is 9.92. The Morgan fingerprint density at radius 1 is 1.22 bits per heavy atom. The molecule has 1 heterocycles. The van der Waals surface area contributed by atoms with Gasteiger partial charge in [0, 0.05) is 0 Å². The first-order valence-electron chi connectivity index (χ1n) is 6.95. The molecule has 0 saturated heterocycles. The van der Waals surface area contributed by atoms with E-state index in [1.165, 1.54) is 16.3 Å². The monoisotopic (exact) mass is 421 g/mol. The molecule has 4 rings (SSSR count). The van der Waals surface area contributed by atoms with E-state index in [4.69, 9.17) is 17.0 Å². The molecule has 0 radical (unpaired) electrons. The molecule has 0 bridgehead atoms. The molecule has 1 aliphatic rings. The Balaban J connectivity index is 0.000000178. The van der Waals surface area contributed by atoms with Gasteiger partial charge in [-0.1, -0.05) is 13.0 Å². The zero-order valence-electron chi connectivity index (χ0n) is 12.6. The number of hydrogen-bond acceptors (Lipinski definition) is 2. The summed E-state index contributed by atoms with van der Waals surface area (Å²) in [7, 11) is 9.87. The fourth-order valence-electron chi connectivity index (χ4n) is 2.13. The quantitative estimate of drug-likeness (QED) is 0.503. The second-order valence-corrected chi connectivity index (χ2v) is 8.48. The minimum absolute atomic E-state index is 0.826. The first-order valence-corrected chi connectivity index (χ1v) is 13.3. The predicted octanol–water partition coefficient (Wildman–Crippen LogP) is 5.21. The molecule has 0 atom stereocenters. The van der Waals surface area contributed by atoms with Crippen LogP contribution in [0.5, 0.6) is 0 Å². The van der Waals surface area contributed by atoms with Crippen molar-refractivity contribution in [1.29, 1.82) is 0 Å². The van der Waals surface area contributed by atoms with Crippen LogP contribution in [0, 0.1) is 6.08 Å². The van der Waals surface area contributed by atoms with Gasteiger partial charge in [-0.2, -0.15) is 6.08 Å². The predicted molar refractivity (Wildman–Crippen MR) is 92.4 cm³/mol. The van der Waals surface area contributed by atoms with Gasteiger partial charge in [-0.05, 0) is 5.69 Å². The van der Waals surface area contributed by atoms with Crippen molar-refractivity contribution in [3.8, 4) is 5.69 Å². The summed E-state index contributed by atoms with van der Waals surface area (Å²) in [6.45, 7) is 2.06. The SMILES string of the molecule is CC1=[C-]CC=C1.[Cl][Zr+2][Cl].c1ccc2[cH-]c(-n3cnnc3)cc2c1. The van der Waals surface area contributed by atoms with Crippen LogP contribution in [0.3, 0.4) is 0 Å².